The maximum absolute atomic E-state index is 14.5. The van der Waals surface area contributed by atoms with Gasteiger partial charge in [-0.3, -0.25) is 18.9 Å². The molecule has 52 heavy (non-hydrogen) atoms. The van der Waals surface area contributed by atoms with Gasteiger partial charge in [0, 0.05) is 26.1 Å². The van der Waals surface area contributed by atoms with E-state index in [0.29, 0.717) is 29.3 Å². The summed E-state index contributed by atoms with van der Waals surface area (Å²) in [5, 5.41) is 17.7. The Bertz CT molecular complexity index is 1800. The van der Waals surface area contributed by atoms with E-state index in [1.807, 2.05) is 6.07 Å². The van der Waals surface area contributed by atoms with Crippen molar-refractivity contribution in [3.63, 3.8) is 0 Å². The number of benzene rings is 1. The fourth-order valence-corrected chi connectivity index (χ4v) is 6.66. The van der Waals surface area contributed by atoms with E-state index in [2.05, 4.69) is 10.2 Å². The van der Waals surface area contributed by atoms with Gasteiger partial charge in [0.05, 0.1) is 29.6 Å². The fourth-order valence-electron chi connectivity index (χ4n) is 5.14. The number of nitrogens with one attached hydrogen (secondary N) is 1. The van der Waals surface area contributed by atoms with Gasteiger partial charge >= 0.3 is 25.7 Å². The number of carbonyl (C=O) groups excluding carboxylic acids is 3. The van der Waals surface area contributed by atoms with Gasteiger partial charge in [-0.25, -0.2) is 9.08 Å². The standard InChI is InChI=1S/C34H44N5O12P/c1-7-28(40)48-31-30(27-14-13-26-25(36)15-16-37-39(26)27)50-34(19-35,32(31)49-29(41)8-2)20-46-52(43,38-22(5)33(42)47-21(3)4)51-24-11-9-23(10-12-24)45-18-17-44-6/h9-16,21-22,30-32H,7-8,17-18,20,36H2,1-6H3,(H,38,43)/t22-,30-,31-,32-,34+,52?/m0/s1. The Morgan fingerprint density at radius 2 is 1.71 bits per heavy atom. The molecule has 6 atom stereocenters. The molecule has 2 aromatic heterocycles. The van der Waals surface area contributed by atoms with Crippen LogP contribution in [-0.4, -0.2) is 84.4 Å². The number of hydrogen-bond acceptors (Lipinski definition) is 15. The van der Waals surface area contributed by atoms with Crippen LogP contribution in [0.15, 0.2) is 48.7 Å². The molecular formula is C34H44N5O12P. The molecule has 0 saturated carbocycles. The minimum atomic E-state index is -4.62. The number of nitrogen functional groups attached to an aromatic ring is 1. The SMILES string of the molecule is CCC(=O)O[C@H]1[C@H](c2ccc3c(N)ccnn23)O[C@](C#N)(COP(=O)(N[C@@H](C)C(=O)OC(C)C)Oc2ccc(OCCOC)cc2)[C@H]1OC(=O)CC. The molecule has 1 unspecified atom stereocenters. The first-order valence-corrected chi connectivity index (χ1v) is 18.2. The average Bonchev–Trinajstić information content (AvgIpc) is 3.68. The monoisotopic (exact) mass is 745 g/mol. The van der Waals surface area contributed by atoms with E-state index in [-0.39, 0.29) is 25.2 Å². The Labute approximate surface area is 301 Å². The minimum Gasteiger partial charge on any atom is -0.491 e. The second-order valence-electron chi connectivity index (χ2n) is 12.0. The number of hydrogen-bond donors (Lipinski definition) is 2. The van der Waals surface area contributed by atoms with Crippen LogP contribution < -0.4 is 20.1 Å². The van der Waals surface area contributed by atoms with Gasteiger partial charge in [0.25, 0.3) is 0 Å². The average molecular weight is 746 g/mol. The number of aromatic nitrogens is 2. The molecule has 18 heteroatoms. The van der Waals surface area contributed by atoms with Crippen molar-refractivity contribution in [2.45, 2.75) is 83.5 Å². The highest BCUT2D eigenvalue weighted by Gasteiger charge is 2.62. The van der Waals surface area contributed by atoms with E-state index in [9.17, 15) is 24.2 Å². The molecule has 282 valence electrons. The summed E-state index contributed by atoms with van der Waals surface area (Å²) in [6.07, 6.45) is -3.45. The molecule has 0 radical (unpaired) electrons. The molecule has 0 bridgehead atoms. The minimum absolute atomic E-state index is 0.0441. The zero-order valence-electron chi connectivity index (χ0n) is 29.8. The molecule has 3 N–H and O–H groups in total. The van der Waals surface area contributed by atoms with Crippen molar-refractivity contribution in [2.75, 3.05) is 32.7 Å². The van der Waals surface area contributed by atoms with Crippen LogP contribution in [0.2, 0.25) is 0 Å². The second-order valence-corrected chi connectivity index (χ2v) is 13.7. The topological polar surface area (TPSA) is 221 Å². The number of fused-ring (bicyclic) bond motifs is 1. The molecule has 3 aromatic rings. The number of nitrogens with zero attached hydrogens (tertiary/aromatic N) is 3. The summed E-state index contributed by atoms with van der Waals surface area (Å²) in [5.74, 6) is -1.67. The maximum atomic E-state index is 14.5. The van der Waals surface area contributed by atoms with Crippen LogP contribution in [0.4, 0.5) is 5.69 Å². The van der Waals surface area contributed by atoms with Gasteiger partial charge in [-0.2, -0.15) is 15.4 Å². The Morgan fingerprint density at radius 3 is 2.35 bits per heavy atom. The van der Waals surface area contributed by atoms with E-state index in [0.717, 1.165) is 0 Å². The van der Waals surface area contributed by atoms with Crippen molar-refractivity contribution >= 4 is 36.9 Å². The van der Waals surface area contributed by atoms with Crippen LogP contribution in [0, 0.1) is 11.3 Å². The lowest BCUT2D eigenvalue weighted by molar-refractivity contribution is -0.169. The van der Waals surface area contributed by atoms with Gasteiger partial charge in [-0.1, -0.05) is 13.8 Å². The van der Waals surface area contributed by atoms with Gasteiger partial charge in [0.15, 0.2) is 12.2 Å². The molecule has 0 amide bonds. The van der Waals surface area contributed by atoms with Crippen LogP contribution in [0.5, 0.6) is 11.5 Å². The predicted octanol–water partition coefficient (Wildman–Crippen LogP) is 4.05. The summed E-state index contributed by atoms with van der Waals surface area (Å²) in [6, 6.07) is 11.7. The van der Waals surface area contributed by atoms with E-state index < -0.39 is 68.3 Å². The Balaban J connectivity index is 1.74. The third-order valence-electron chi connectivity index (χ3n) is 7.71. The summed E-state index contributed by atoms with van der Waals surface area (Å²) in [7, 11) is -3.07. The molecule has 1 saturated heterocycles. The molecule has 17 nitrogen and oxygen atoms in total. The first-order chi connectivity index (χ1) is 24.8. The molecule has 3 heterocycles. The lowest BCUT2D eigenvalue weighted by atomic mass is 9.95. The molecule has 1 fully saturated rings. The third kappa shape index (κ3) is 9.58. The van der Waals surface area contributed by atoms with Gasteiger partial charge in [0.2, 0.25) is 5.60 Å². The quantitative estimate of drug-likeness (QED) is 0.0811. The number of anilines is 1. The number of nitriles is 1. The molecular weight excluding hydrogens is 701 g/mol. The Hall–Kier alpha value is -4.72. The normalized spacial score (nSPS) is 21.5. The highest BCUT2D eigenvalue weighted by molar-refractivity contribution is 7.52. The number of rotatable bonds is 18. The lowest BCUT2D eigenvalue weighted by Gasteiger charge is -2.30. The zero-order chi connectivity index (χ0) is 38.1. The fraction of sp³-hybridized carbons (Fsp3) is 0.500. The van der Waals surface area contributed by atoms with Crippen LogP contribution >= 0.6 is 7.75 Å². The third-order valence-corrected chi connectivity index (χ3v) is 9.33. The molecule has 1 aliphatic heterocycles. The van der Waals surface area contributed by atoms with Crippen LogP contribution in [0.3, 0.4) is 0 Å². The summed E-state index contributed by atoms with van der Waals surface area (Å²) in [5.41, 5.74) is 5.09. The van der Waals surface area contributed by atoms with E-state index in [1.54, 1.807) is 58.2 Å². The summed E-state index contributed by atoms with van der Waals surface area (Å²) in [6.45, 7) is 7.57. The molecule has 0 spiro atoms. The van der Waals surface area contributed by atoms with Crippen molar-refractivity contribution in [3.8, 4) is 17.6 Å². The van der Waals surface area contributed by atoms with Crippen molar-refractivity contribution < 1.29 is 56.4 Å². The predicted molar refractivity (Wildman–Crippen MR) is 184 cm³/mol. The summed E-state index contributed by atoms with van der Waals surface area (Å²) in [4.78, 5) is 38.4. The van der Waals surface area contributed by atoms with Gasteiger partial charge in [-0.15, -0.1) is 0 Å². The Morgan fingerprint density at radius 1 is 1.04 bits per heavy atom. The molecule has 1 aromatic carbocycles. The highest BCUT2D eigenvalue weighted by atomic mass is 31.2. The van der Waals surface area contributed by atoms with Crippen LogP contribution in [0.1, 0.15) is 59.3 Å². The van der Waals surface area contributed by atoms with E-state index >= 15 is 0 Å². The first-order valence-electron chi connectivity index (χ1n) is 16.6. The lowest BCUT2D eigenvalue weighted by Crippen LogP contribution is -2.49. The van der Waals surface area contributed by atoms with Crippen molar-refractivity contribution in [1.82, 2.24) is 14.7 Å². The van der Waals surface area contributed by atoms with E-state index in [4.69, 9.17) is 43.2 Å². The van der Waals surface area contributed by atoms with Crippen LogP contribution in [-0.2, 0) is 47.2 Å². The smallest absolute Gasteiger partial charge is 0.459 e. The van der Waals surface area contributed by atoms with Crippen molar-refractivity contribution in [1.29, 1.82) is 5.26 Å². The number of esters is 3. The Kier molecular flexibility index (Phi) is 13.6. The second kappa shape index (κ2) is 17.7. The summed E-state index contributed by atoms with van der Waals surface area (Å²) < 4.78 is 61.4. The number of ether oxygens (including phenoxy) is 6. The molecule has 1 aliphatic rings. The van der Waals surface area contributed by atoms with Crippen molar-refractivity contribution in [3.05, 3.63) is 54.4 Å². The molecule has 0 aliphatic carbocycles. The summed E-state index contributed by atoms with van der Waals surface area (Å²) >= 11 is 0. The number of nitrogens with two attached hydrogens (primary N) is 1. The van der Waals surface area contributed by atoms with Gasteiger partial charge in [0.1, 0.15) is 42.9 Å². The zero-order valence-corrected chi connectivity index (χ0v) is 30.7. The maximum Gasteiger partial charge on any atom is 0.459 e. The van der Waals surface area contributed by atoms with Crippen molar-refractivity contribution in [2.24, 2.45) is 0 Å². The number of methoxy groups -OCH3 is 1. The molecule has 4 rings (SSSR count). The van der Waals surface area contributed by atoms with E-state index in [1.165, 1.54) is 36.7 Å². The van der Waals surface area contributed by atoms with Gasteiger partial charge < -0.3 is 38.7 Å². The largest absolute Gasteiger partial charge is 0.491 e. The highest BCUT2D eigenvalue weighted by Crippen LogP contribution is 2.50. The van der Waals surface area contributed by atoms with Crippen LogP contribution in [0.25, 0.3) is 5.52 Å². The van der Waals surface area contributed by atoms with Gasteiger partial charge in [-0.05, 0) is 63.2 Å². The number of carbonyl (C=O) groups is 3. The first kappa shape index (κ1) is 40.1.